The van der Waals surface area contributed by atoms with Crippen molar-refractivity contribution < 1.29 is 45.1 Å². The van der Waals surface area contributed by atoms with Crippen molar-refractivity contribution in [3.63, 3.8) is 0 Å². The number of halogens is 8. The minimum Gasteiger partial charge on any atom is -0.349 e. The molecule has 0 aromatic heterocycles. The summed E-state index contributed by atoms with van der Waals surface area (Å²) in [5, 5.41) is 4.59. The van der Waals surface area contributed by atoms with Crippen LogP contribution < -0.4 is 10.6 Å². The van der Waals surface area contributed by atoms with Gasteiger partial charge < -0.3 is 10.6 Å². The summed E-state index contributed by atoms with van der Waals surface area (Å²) < 4.78 is 94.2. The Morgan fingerprint density at radius 1 is 0.902 bits per heavy atom. The number of benzene rings is 3. The molecule has 0 bridgehead atoms. The third-order valence-electron chi connectivity index (χ3n) is 6.43. The molecule has 1 aliphatic carbocycles. The van der Waals surface area contributed by atoms with Crippen LogP contribution in [-0.2, 0) is 6.18 Å². The smallest absolute Gasteiger partial charge is 0.349 e. The first-order chi connectivity index (χ1) is 19.1. The molecule has 0 spiro atoms. The maximum Gasteiger partial charge on any atom is 0.416 e. The van der Waals surface area contributed by atoms with Gasteiger partial charge in [-0.1, -0.05) is 11.6 Å². The molecule has 41 heavy (non-hydrogen) atoms. The van der Waals surface area contributed by atoms with Crippen molar-refractivity contribution in [3.8, 4) is 0 Å². The van der Waals surface area contributed by atoms with Crippen LogP contribution in [0.5, 0.6) is 0 Å². The summed E-state index contributed by atoms with van der Waals surface area (Å²) in [6.45, 7) is 0. The van der Waals surface area contributed by atoms with E-state index in [-0.39, 0.29) is 44.7 Å². The highest BCUT2D eigenvalue weighted by molar-refractivity contribution is 6.39. The Balaban J connectivity index is 1.58. The molecule has 1 fully saturated rings. The van der Waals surface area contributed by atoms with E-state index in [2.05, 4.69) is 15.6 Å². The molecule has 2 aliphatic rings. The van der Waals surface area contributed by atoms with Crippen LogP contribution >= 0.6 is 11.6 Å². The number of hydrogen-bond acceptors (Lipinski definition) is 3. The van der Waals surface area contributed by atoms with Gasteiger partial charge in [0.25, 0.3) is 23.6 Å². The molecule has 0 radical (unpaired) electrons. The molecule has 14 heteroatoms. The maximum atomic E-state index is 14.1. The Kier molecular flexibility index (Phi) is 6.88. The lowest BCUT2D eigenvalue weighted by molar-refractivity contribution is -0.137. The topological polar surface area (TPSA) is 87.6 Å². The summed E-state index contributed by atoms with van der Waals surface area (Å²) in [4.78, 5) is 42.6. The van der Waals surface area contributed by atoms with Crippen LogP contribution in [0, 0.1) is 11.6 Å². The SMILES string of the molecule is O=C(Nc1cc(C(=O)NC2CC(F)(F)C2)cc2c1C(c1cc(F)ccc1Cl)=NC2=O)c1cc(F)cc(C(F)(F)F)c1. The Hall–Kier alpha value is -4.26. The third kappa shape index (κ3) is 5.67. The molecule has 1 heterocycles. The second-order valence-corrected chi connectivity index (χ2v) is 9.86. The molecule has 6 nitrogen and oxygen atoms in total. The average Bonchev–Trinajstić information content (AvgIpc) is 3.19. The van der Waals surface area contributed by atoms with Crippen molar-refractivity contribution in [1.29, 1.82) is 0 Å². The second-order valence-electron chi connectivity index (χ2n) is 9.45. The minimum atomic E-state index is -4.98. The largest absolute Gasteiger partial charge is 0.416 e. The summed E-state index contributed by atoms with van der Waals surface area (Å²) in [5.41, 5.74) is -3.50. The molecule has 3 amide bonds. The Bertz CT molecular complexity index is 1660. The lowest BCUT2D eigenvalue weighted by Crippen LogP contribution is -2.50. The first-order valence-corrected chi connectivity index (χ1v) is 12.1. The van der Waals surface area contributed by atoms with E-state index in [0.717, 1.165) is 24.3 Å². The van der Waals surface area contributed by atoms with Gasteiger partial charge in [0.2, 0.25) is 0 Å². The third-order valence-corrected chi connectivity index (χ3v) is 6.76. The zero-order valence-electron chi connectivity index (χ0n) is 20.3. The zero-order valence-corrected chi connectivity index (χ0v) is 21.1. The number of fused-ring (bicyclic) bond motifs is 1. The van der Waals surface area contributed by atoms with E-state index in [1.165, 1.54) is 6.07 Å². The van der Waals surface area contributed by atoms with E-state index < -0.39 is 71.5 Å². The normalized spacial score (nSPS) is 16.1. The van der Waals surface area contributed by atoms with E-state index >= 15 is 0 Å². The highest BCUT2D eigenvalue weighted by atomic mass is 35.5. The fraction of sp³-hybridized carbons (Fsp3) is 0.185. The van der Waals surface area contributed by atoms with Crippen molar-refractivity contribution in [2.24, 2.45) is 4.99 Å². The number of aliphatic imine (C=N–C) groups is 1. The number of anilines is 1. The summed E-state index contributed by atoms with van der Waals surface area (Å²) in [6, 6.07) is 5.54. The molecule has 1 aliphatic heterocycles. The molecule has 2 N–H and O–H groups in total. The van der Waals surface area contributed by atoms with Gasteiger partial charge in [-0.05, 0) is 48.5 Å². The quantitative estimate of drug-likeness (QED) is 0.333. The highest BCUT2D eigenvalue weighted by Crippen LogP contribution is 2.38. The van der Waals surface area contributed by atoms with Crippen LogP contribution in [0.1, 0.15) is 60.6 Å². The predicted octanol–water partition coefficient (Wildman–Crippen LogP) is 6.41. The number of amides is 3. The van der Waals surface area contributed by atoms with Crippen molar-refractivity contribution in [2.75, 3.05) is 5.32 Å². The fourth-order valence-electron chi connectivity index (χ4n) is 4.50. The molecule has 3 aromatic rings. The summed E-state index contributed by atoms with van der Waals surface area (Å²) in [7, 11) is 0. The standard InChI is InChI=1S/C27H15ClF7N3O3/c28-19-2-1-14(29)8-17(19)22-21-18(25(41)38-22)5-12(23(39)36-16-9-26(31,32)10-16)6-20(21)37-24(40)11-3-13(27(33,34)35)7-15(30)4-11/h1-8,16H,9-10H2,(H,36,39)(H,37,40). The minimum absolute atomic E-state index is 0.0456. The Labute approximate surface area is 231 Å². The lowest BCUT2D eigenvalue weighted by atomic mass is 9.88. The van der Waals surface area contributed by atoms with Crippen molar-refractivity contribution in [3.05, 3.63) is 98.6 Å². The van der Waals surface area contributed by atoms with Gasteiger partial charge in [0.15, 0.2) is 0 Å². The number of carbonyl (C=O) groups is 3. The molecule has 3 aromatic carbocycles. The van der Waals surface area contributed by atoms with Gasteiger partial charge in [0.05, 0.1) is 27.5 Å². The Morgan fingerprint density at radius 2 is 1.59 bits per heavy atom. The zero-order chi connectivity index (χ0) is 29.9. The molecular formula is C27H15ClF7N3O3. The van der Waals surface area contributed by atoms with Crippen molar-refractivity contribution >= 4 is 40.7 Å². The number of nitrogens with zero attached hydrogens (tertiary/aromatic N) is 1. The highest BCUT2D eigenvalue weighted by Gasteiger charge is 2.46. The van der Waals surface area contributed by atoms with Crippen LogP contribution in [0.25, 0.3) is 0 Å². The molecule has 0 unspecified atom stereocenters. The number of hydrogen-bond donors (Lipinski definition) is 2. The van der Waals surface area contributed by atoms with Gasteiger partial charge in [-0.25, -0.2) is 22.6 Å². The Morgan fingerprint density at radius 3 is 2.24 bits per heavy atom. The molecule has 0 atom stereocenters. The predicted molar refractivity (Wildman–Crippen MR) is 133 cm³/mol. The number of nitrogens with one attached hydrogen (secondary N) is 2. The number of rotatable bonds is 5. The first kappa shape index (κ1) is 28.3. The molecule has 5 rings (SSSR count). The molecule has 1 saturated carbocycles. The fourth-order valence-corrected chi connectivity index (χ4v) is 4.71. The molecule has 0 saturated heterocycles. The average molecular weight is 598 g/mol. The van der Waals surface area contributed by atoms with Gasteiger partial charge in [-0.15, -0.1) is 0 Å². The van der Waals surface area contributed by atoms with Crippen molar-refractivity contribution in [1.82, 2.24) is 5.32 Å². The van der Waals surface area contributed by atoms with Crippen LogP contribution in [0.4, 0.5) is 36.4 Å². The van der Waals surface area contributed by atoms with Crippen molar-refractivity contribution in [2.45, 2.75) is 31.0 Å². The van der Waals surface area contributed by atoms with E-state index in [1.54, 1.807) is 0 Å². The molecular weight excluding hydrogens is 583 g/mol. The lowest BCUT2D eigenvalue weighted by Gasteiger charge is -2.35. The summed E-state index contributed by atoms with van der Waals surface area (Å²) >= 11 is 6.19. The number of alkyl halides is 5. The molecule has 212 valence electrons. The van der Waals surface area contributed by atoms with Gasteiger partial charge in [0.1, 0.15) is 11.6 Å². The number of carbonyl (C=O) groups excluding carboxylic acids is 3. The second kappa shape index (κ2) is 9.98. The first-order valence-electron chi connectivity index (χ1n) is 11.8. The van der Waals surface area contributed by atoms with Crippen LogP contribution in [-0.4, -0.2) is 35.4 Å². The van der Waals surface area contributed by atoms with Crippen LogP contribution in [0.2, 0.25) is 5.02 Å². The summed E-state index contributed by atoms with van der Waals surface area (Å²) in [5.74, 6) is -8.13. The van der Waals surface area contributed by atoms with E-state index in [1.807, 2.05) is 0 Å². The van der Waals surface area contributed by atoms with Gasteiger partial charge in [-0.2, -0.15) is 13.2 Å². The van der Waals surface area contributed by atoms with Gasteiger partial charge >= 0.3 is 6.18 Å². The monoisotopic (exact) mass is 597 g/mol. The van der Waals surface area contributed by atoms with E-state index in [0.29, 0.717) is 12.1 Å². The van der Waals surface area contributed by atoms with Crippen LogP contribution in [0.3, 0.4) is 0 Å². The van der Waals surface area contributed by atoms with E-state index in [9.17, 15) is 45.1 Å². The maximum absolute atomic E-state index is 14.1. The van der Waals surface area contributed by atoms with Crippen LogP contribution in [0.15, 0.2) is 53.5 Å². The van der Waals surface area contributed by atoms with Gasteiger partial charge in [0, 0.05) is 41.1 Å². The van der Waals surface area contributed by atoms with Gasteiger partial charge in [-0.3, -0.25) is 14.4 Å². The van der Waals surface area contributed by atoms with E-state index in [4.69, 9.17) is 11.6 Å². The summed E-state index contributed by atoms with van der Waals surface area (Å²) in [6.07, 6.45) is -6.20.